The number of benzene rings is 1. The fourth-order valence-electron chi connectivity index (χ4n) is 3.25. The zero-order valence-corrected chi connectivity index (χ0v) is 10.9. The van der Waals surface area contributed by atoms with Crippen molar-refractivity contribution in [3.8, 4) is 0 Å². The molecule has 1 N–H and O–H groups in total. The predicted octanol–water partition coefficient (Wildman–Crippen LogP) is 1.93. The first-order valence-corrected chi connectivity index (χ1v) is 6.94. The molecule has 2 fully saturated rings. The van der Waals surface area contributed by atoms with E-state index in [1.165, 1.54) is 0 Å². The molecule has 1 aliphatic heterocycles. The molecule has 1 aliphatic carbocycles. The standard InChI is InChI=1S/C16H19NO2/c18-15-8-7-13-10-17(11-14(13)15)16(19)9-6-12-4-2-1-3-5-12/h1-6,9,13-15,18H,7-8,10-11H2/b9-6+. The van der Waals surface area contributed by atoms with Gasteiger partial charge in [-0.15, -0.1) is 0 Å². The molecule has 3 nitrogen and oxygen atoms in total. The van der Waals surface area contributed by atoms with Crippen molar-refractivity contribution in [2.75, 3.05) is 13.1 Å². The molecule has 1 saturated heterocycles. The van der Waals surface area contributed by atoms with Crippen molar-refractivity contribution in [2.45, 2.75) is 18.9 Å². The second-order valence-corrected chi connectivity index (χ2v) is 5.56. The molecule has 1 saturated carbocycles. The summed E-state index contributed by atoms with van der Waals surface area (Å²) in [6.07, 6.45) is 5.24. The highest BCUT2D eigenvalue weighted by Crippen LogP contribution is 2.38. The molecule has 3 heteroatoms. The van der Waals surface area contributed by atoms with Crippen LogP contribution in [0.25, 0.3) is 6.08 Å². The number of hydrogen-bond donors (Lipinski definition) is 1. The molecule has 0 bridgehead atoms. The van der Waals surface area contributed by atoms with Crippen molar-refractivity contribution < 1.29 is 9.90 Å². The topological polar surface area (TPSA) is 40.5 Å². The highest BCUT2D eigenvalue weighted by molar-refractivity contribution is 5.92. The number of fused-ring (bicyclic) bond motifs is 1. The number of nitrogens with zero attached hydrogens (tertiary/aromatic N) is 1. The van der Waals surface area contributed by atoms with Gasteiger partial charge in [0.1, 0.15) is 0 Å². The number of aliphatic hydroxyl groups is 1. The van der Waals surface area contributed by atoms with E-state index in [1.54, 1.807) is 6.08 Å². The third-order valence-corrected chi connectivity index (χ3v) is 4.35. The first-order valence-electron chi connectivity index (χ1n) is 6.94. The number of aliphatic hydroxyl groups excluding tert-OH is 1. The Hall–Kier alpha value is -1.61. The molecule has 0 radical (unpaired) electrons. The summed E-state index contributed by atoms with van der Waals surface area (Å²) >= 11 is 0. The van der Waals surface area contributed by atoms with Crippen LogP contribution in [0.5, 0.6) is 0 Å². The minimum atomic E-state index is -0.207. The van der Waals surface area contributed by atoms with Gasteiger partial charge in [0, 0.05) is 25.1 Å². The van der Waals surface area contributed by atoms with E-state index < -0.39 is 0 Å². The van der Waals surface area contributed by atoms with Crippen LogP contribution in [0.3, 0.4) is 0 Å². The highest BCUT2D eigenvalue weighted by Gasteiger charge is 2.42. The Labute approximate surface area is 113 Å². The second kappa shape index (κ2) is 5.17. The summed E-state index contributed by atoms with van der Waals surface area (Å²) in [5.41, 5.74) is 1.04. The summed E-state index contributed by atoms with van der Waals surface area (Å²) < 4.78 is 0. The van der Waals surface area contributed by atoms with Gasteiger partial charge in [-0.1, -0.05) is 30.3 Å². The normalized spacial score (nSPS) is 29.9. The van der Waals surface area contributed by atoms with E-state index in [4.69, 9.17) is 0 Å². The van der Waals surface area contributed by atoms with Gasteiger partial charge in [0.15, 0.2) is 0 Å². The quantitative estimate of drug-likeness (QED) is 0.822. The molecule has 1 amide bonds. The van der Waals surface area contributed by atoms with Crippen molar-refractivity contribution >= 4 is 12.0 Å². The molecule has 1 aromatic carbocycles. The van der Waals surface area contributed by atoms with Crippen LogP contribution >= 0.6 is 0 Å². The fraction of sp³-hybridized carbons (Fsp3) is 0.438. The number of likely N-dealkylation sites (tertiary alicyclic amines) is 1. The molecule has 19 heavy (non-hydrogen) atoms. The molecule has 3 atom stereocenters. The van der Waals surface area contributed by atoms with Crippen LogP contribution < -0.4 is 0 Å². The summed E-state index contributed by atoms with van der Waals surface area (Å²) in [5.74, 6) is 0.864. The summed E-state index contributed by atoms with van der Waals surface area (Å²) in [6, 6.07) is 9.84. The molecule has 3 unspecified atom stereocenters. The van der Waals surface area contributed by atoms with Gasteiger partial charge < -0.3 is 10.0 Å². The van der Waals surface area contributed by atoms with Gasteiger partial charge in [-0.25, -0.2) is 0 Å². The lowest BCUT2D eigenvalue weighted by Crippen LogP contribution is -2.29. The number of rotatable bonds is 2. The van der Waals surface area contributed by atoms with Gasteiger partial charge in [-0.2, -0.15) is 0 Å². The molecule has 1 aromatic rings. The lowest BCUT2D eigenvalue weighted by atomic mass is 10.00. The van der Waals surface area contributed by atoms with E-state index in [9.17, 15) is 9.90 Å². The van der Waals surface area contributed by atoms with Crippen LogP contribution in [0, 0.1) is 11.8 Å². The van der Waals surface area contributed by atoms with Crippen LogP contribution in [-0.2, 0) is 4.79 Å². The van der Waals surface area contributed by atoms with Crippen LogP contribution in [0.15, 0.2) is 36.4 Å². The smallest absolute Gasteiger partial charge is 0.246 e. The molecular formula is C16H19NO2. The predicted molar refractivity (Wildman–Crippen MR) is 74.3 cm³/mol. The molecular weight excluding hydrogens is 238 g/mol. The first-order chi connectivity index (χ1) is 9.24. The average Bonchev–Trinajstić information content (AvgIpc) is 3.00. The van der Waals surface area contributed by atoms with Gasteiger partial charge in [-0.3, -0.25) is 4.79 Å². The Bertz CT molecular complexity index is 483. The Morgan fingerprint density at radius 2 is 2.00 bits per heavy atom. The van der Waals surface area contributed by atoms with Crippen LogP contribution in [-0.4, -0.2) is 35.1 Å². The maximum atomic E-state index is 12.1. The zero-order valence-electron chi connectivity index (χ0n) is 10.9. The summed E-state index contributed by atoms with van der Waals surface area (Å²) in [6.45, 7) is 1.52. The Balaban J connectivity index is 1.62. The largest absolute Gasteiger partial charge is 0.393 e. The Kier molecular flexibility index (Phi) is 3.38. The highest BCUT2D eigenvalue weighted by atomic mass is 16.3. The van der Waals surface area contributed by atoms with E-state index in [2.05, 4.69) is 0 Å². The van der Waals surface area contributed by atoms with E-state index >= 15 is 0 Å². The van der Waals surface area contributed by atoms with E-state index in [1.807, 2.05) is 41.3 Å². The van der Waals surface area contributed by atoms with Crippen molar-refractivity contribution in [1.29, 1.82) is 0 Å². The van der Waals surface area contributed by atoms with Gasteiger partial charge in [0.05, 0.1) is 6.10 Å². The third-order valence-electron chi connectivity index (χ3n) is 4.35. The number of amides is 1. The average molecular weight is 257 g/mol. The SMILES string of the molecule is O=C(/C=C/c1ccccc1)N1CC2CCC(O)C2C1. The van der Waals surface area contributed by atoms with Gasteiger partial charge in [0.25, 0.3) is 0 Å². The van der Waals surface area contributed by atoms with Crippen molar-refractivity contribution in [3.05, 3.63) is 42.0 Å². The van der Waals surface area contributed by atoms with Crippen LogP contribution in [0.4, 0.5) is 0 Å². The maximum Gasteiger partial charge on any atom is 0.246 e. The number of carbonyl (C=O) groups is 1. The first kappa shape index (κ1) is 12.4. The van der Waals surface area contributed by atoms with Crippen molar-refractivity contribution in [3.63, 3.8) is 0 Å². The van der Waals surface area contributed by atoms with Gasteiger partial charge in [0.2, 0.25) is 5.91 Å². The van der Waals surface area contributed by atoms with Crippen LogP contribution in [0.2, 0.25) is 0 Å². The zero-order chi connectivity index (χ0) is 13.2. The lowest BCUT2D eigenvalue weighted by molar-refractivity contribution is -0.125. The summed E-state index contributed by atoms with van der Waals surface area (Å²) in [5, 5.41) is 9.85. The van der Waals surface area contributed by atoms with Crippen molar-refractivity contribution in [1.82, 2.24) is 4.90 Å². The molecule has 3 rings (SSSR count). The summed E-state index contributed by atoms with van der Waals surface area (Å²) in [7, 11) is 0. The fourth-order valence-corrected chi connectivity index (χ4v) is 3.25. The summed E-state index contributed by atoms with van der Waals surface area (Å²) in [4.78, 5) is 14.0. The van der Waals surface area contributed by atoms with E-state index in [-0.39, 0.29) is 12.0 Å². The number of carbonyl (C=O) groups excluding carboxylic acids is 1. The monoisotopic (exact) mass is 257 g/mol. The molecule has 1 heterocycles. The molecule has 100 valence electrons. The minimum Gasteiger partial charge on any atom is -0.393 e. The minimum absolute atomic E-state index is 0.0606. The number of hydrogen-bond acceptors (Lipinski definition) is 2. The van der Waals surface area contributed by atoms with Crippen molar-refractivity contribution in [2.24, 2.45) is 11.8 Å². The Morgan fingerprint density at radius 3 is 2.74 bits per heavy atom. The third kappa shape index (κ3) is 2.56. The molecule has 0 spiro atoms. The Morgan fingerprint density at radius 1 is 1.21 bits per heavy atom. The molecule has 0 aromatic heterocycles. The lowest BCUT2D eigenvalue weighted by Gasteiger charge is -2.16. The van der Waals surface area contributed by atoms with Crippen LogP contribution in [0.1, 0.15) is 18.4 Å². The van der Waals surface area contributed by atoms with Gasteiger partial charge in [-0.05, 0) is 30.4 Å². The van der Waals surface area contributed by atoms with E-state index in [0.717, 1.165) is 24.9 Å². The van der Waals surface area contributed by atoms with Gasteiger partial charge >= 0.3 is 0 Å². The maximum absolute atomic E-state index is 12.1. The second-order valence-electron chi connectivity index (χ2n) is 5.56. The molecule has 2 aliphatic rings. The van der Waals surface area contributed by atoms with E-state index in [0.29, 0.717) is 18.4 Å².